The van der Waals surface area contributed by atoms with Crippen molar-refractivity contribution in [2.24, 2.45) is 17.8 Å². The molecule has 2 bridgehead atoms. The minimum Gasteiger partial charge on any atom is -0.302 e. The molecule has 2 atom stereocenters. The molecule has 1 spiro atoms. The van der Waals surface area contributed by atoms with Gasteiger partial charge in [-0.05, 0) is 44.4 Å². The van der Waals surface area contributed by atoms with E-state index in [2.05, 4.69) is 33.8 Å². The quantitative estimate of drug-likeness (QED) is 0.883. The monoisotopic (exact) mass is 340 g/mol. The highest BCUT2D eigenvalue weighted by Gasteiger charge is 2.57. The van der Waals surface area contributed by atoms with E-state index >= 15 is 0 Å². The average Bonchev–Trinajstić information content (AvgIpc) is 3.13. The van der Waals surface area contributed by atoms with E-state index in [4.69, 9.17) is 0 Å². The molecule has 1 amide bonds. The Bertz CT molecular complexity index is 537. The van der Waals surface area contributed by atoms with E-state index in [1.807, 2.05) is 13.1 Å². The summed E-state index contributed by atoms with van der Waals surface area (Å²) >= 11 is 5.94. The zero-order chi connectivity index (χ0) is 14.4. The van der Waals surface area contributed by atoms with Gasteiger partial charge in [0.05, 0.1) is 4.08 Å². The molecular weight excluding hydrogens is 320 g/mol. The van der Waals surface area contributed by atoms with Crippen molar-refractivity contribution in [2.75, 3.05) is 16.8 Å². The van der Waals surface area contributed by atoms with Crippen molar-refractivity contribution in [2.45, 2.75) is 36.7 Å². The Morgan fingerprint density at radius 1 is 1.29 bits per heavy atom. The number of nitrogens with one attached hydrogen (secondary N) is 1. The lowest BCUT2D eigenvalue weighted by atomic mass is 9.79. The molecular formula is C15H20N2OS3. The van der Waals surface area contributed by atoms with Gasteiger partial charge in [0, 0.05) is 28.5 Å². The number of carbonyl (C=O) groups excluding carboxylic acids is 1. The Morgan fingerprint density at radius 3 is 2.52 bits per heavy atom. The molecule has 0 aromatic carbocycles. The normalized spacial score (nSPS) is 33.5. The van der Waals surface area contributed by atoms with Crippen molar-refractivity contribution in [1.29, 1.82) is 0 Å². The third kappa shape index (κ3) is 2.43. The van der Waals surface area contributed by atoms with Gasteiger partial charge in [-0.3, -0.25) is 4.79 Å². The number of hydrogen-bond acceptors (Lipinski definition) is 5. The van der Waals surface area contributed by atoms with Crippen molar-refractivity contribution in [3.8, 4) is 0 Å². The van der Waals surface area contributed by atoms with Crippen LogP contribution in [-0.2, 0) is 4.79 Å². The largest absolute Gasteiger partial charge is 0.302 e. The molecule has 3 aliphatic rings. The van der Waals surface area contributed by atoms with Crippen LogP contribution in [0.3, 0.4) is 0 Å². The molecule has 1 aliphatic heterocycles. The highest BCUT2D eigenvalue weighted by molar-refractivity contribution is 8.21. The van der Waals surface area contributed by atoms with Crippen LogP contribution in [0.1, 0.15) is 30.6 Å². The summed E-state index contributed by atoms with van der Waals surface area (Å²) in [4.78, 5) is 17.9. The third-order valence-electron chi connectivity index (χ3n) is 5.10. The standard InChI is InChI=1S/C15H20N2OS3/c1-9-8-16-14(21-9)17-13(18)10-6-11-2-3-12(7-10)15(11)19-4-5-20-15/h8,10-12H,2-7H2,1H3,(H,16,17,18). The lowest BCUT2D eigenvalue weighted by Crippen LogP contribution is -2.41. The van der Waals surface area contributed by atoms with Gasteiger partial charge in [-0.15, -0.1) is 34.9 Å². The first-order valence-electron chi connectivity index (χ1n) is 7.68. The summed E-state index contributed by atoms with van der Waals surface area (Å²) in [6.45, 7) is 2.02. The number of aryl methyl sites for hydroxylation is 1. The van der Waals surface area contributed by atoms with Gasteiger partial charge in [0.25, 0.3) is 0 Å². The van der Waals surface area contributed by atoms with Gasteiger partial charge < -0.3 is 5.32 Å². The van der Waals surface area contributed by atoms with Gasteiger partial charge in [-0.1, -0.05) is 0 Å². The first-order chi connectivity index (χ1) is 10.2. The van der Waals surface area contributed by atoms with Crippen molar-refractivity contribution in [1.82, 2.24) is 4.98 Å². The molecule has 1 saturated heterocycles. The Hall–Kier alpha value is -0.200. The van der Waals surface area contributed by atoms with Gasteiger partial charge in [-0.2, -0.15) is 0 Å². The maximum Gasteiger partial charge on any atom is 0.229 e. The number of carbonyl (C=O) groups is 1. The molecule has 3 fully saturated rings. The number of nitrogens with zero attached hydrogens (tertiary/aromatic N) is 1. The second kappa shape index (κ2) is 5.46. The van der Waals surface area contributed by atoms with E-state index in [1.165, 1.54) is 24.3 Å². The molecule has 0 radical (unpaired) electrons. The predicted octanol–water partition coefficient (Wildman–Crippen LogP) is 4.00. The van der Waals surface area contributed by atoms with Crippen LogP contribution in [0.5, 0.6) is 0 Å². The first-order valence-corrected chi connectivity index (χ1v) is 10.5. The maximum absolute atomic E-state index is 12.5. The summed E-state index contributed by atoms with van der Waals surface area (Å²) in [6.07, 6.45) is 6.63. The van der Waals surface area contributed by atoms with Crippen LogP contribution in [0.2, 0.25) is 0 Å². The number of amides is 1. The molecule has 4 rings (SSSR count). The van der Waals surface area contributed by atoms with E-state index in [9.17, 15) is 4.79 Å². The zero-order valence-electron chi connectivity index (χ0n) is 12.1. The lowest BCUT2D eigenvalue weighted by molar-refractivity contribution is -0.121. The molecule has 114 valence electrons. The Balaban J connectivity index is 1.45. The number of aromatic nitrogens is 1. The highest BCUT2D eigenvalue weighted by atomic mass is 32.2. The van der Waals surface area contributed by atoms with E-state index in [1.54, 1.807) is 11.3 Å². The fourth-order valence-corrected chi connectivity index (χ4v) is 8.84. The molecule has 2 unspecified atom stereocenters. The molecule has 6 heteroatoms. The molecule has 1 aromatic rings. The first kappa shape index (κ1) is 14.4. The second-order valence-corrected chi connectivity index (χ2v) is 10.6. The van der Waals surface area contributed by atoms with Gasteiger partial charge in [0.1, 0.15) is 0 Å². The fourth-order valence-electron chi connectivity index (χ4n) is 4.23. The summed E-state index contributed by atoms with van der Waals surface area (Å²) in [5.41, 5.74) is 0. The van der Waals surface area contributed by atoms with E-state index < -0.39 is 0 Å². The molecule has 3 nitrogen and oxygen atoms in total. The number of thioether (sulfide) groups is 2. The Kier molecular flexibility index (Phi) is 3.74. The molecule has 21 heavy (non-hydrogen) atoms. The maximum atomic E-state index is 12.5. The number of rotatable bonds is 2. The number of hydrogen-bond donors (Lipinski definition) is 1. The topological polar surface area (TPSA) is 42.0 Å². The number of thiazole rings is 1. The molecule has 2 aliphatic carbocycles. The van der Waals surface area contributed by atoms with Crippen LogP contribution in [0.25, 0.3) is 0 Å². The van der Waals surface area contributed by atoms with Crippen LogP contribution >= 0.6 is 34.9 Å². The summed E-state index contributed by atoms with van der Waals surface area (Å²) in [7, 11) is 0. The van der Waals surface area contributed by atoms with Gasteiger partial charge >= 0.3 is 0 Å². The molecule has 1 N–H and O–H groups in total. The Labute approximate surface area is 138 Å². The van der Waals surface area contributed by atoms with Crippen molar-refractivity contribution < 1.29 is 4.79 Å². The highest BCUT2D eigenvalue weighted by Crippen LogP contribution is 2.65. The fraction of sp³-hybridized carbons (Fsp3) is 0.733. The SMILES string of the molecule is Cc1cnc(NC(=O)C2CC3CCC(C2)C32SCCS2)s1. The predicted molar refractivity (Wildman–Crippen MR) is 92.1 cm³/mol. The molecule has 1 aromatic heterocycles. The van der Waals surface area contributed by atoms with E-state index in [-0.39, 0.29) is 11.8 Å². The van der Waals surface area contributed by atoms with E-state index in [0.717, 1.165) is 34.7 Å². The smallest absolute Gasteiger partial charge is 0.229 e. The molecule has 2 heterocycles. The average molecular weight is 341 g/mol. The molecule has 2 saturated carbocycles. The van der Waals surface area contributed by atoms with Crippen molar-refractivity contribution in [3.63, 3.8) is 0 Å². The van der Waals surface area contributed by atoms with E-state index in [0.29, 0.717) is 4.08 Å². The van der Waals surface area contributed by atoms with Crippen LogP contribution < -0.4 is 5.32 Å². The zero-order valence-corrected chi connectivity index (χ0v) is 14.6. The van der Waals surface area contributed by atoms with Crippen molar-refractivity contribution in [3.05, 3.63) is 11.1 Å². The summed E-state index contributed by atoms with van der Waals surface area (Å²) in [5.74, 6) is 4.47. The minimum atomic E-state index is 0.194. The summed E-state index contributed by atoms with van der Waals surface area (Å²) in [6, 6.07) is 0. The van der Waals surface area contributed by atoms with Crippen LogP contribution in [0.15, 0.2) is 6.20 Å². The minimum absolute atomic E-state index is 0.194. The van der Waals surface area contributed by atoms with Crippen LogP contribution in [-0.4, -0.2) is 26.5 Å². The van der Waals surface area contributed by atoms with Gasteiger partial charge in [0.15, 0.2) is 5.13 Å². The summed E-state index contributed by atoms with van der Waals surface area (Å²) < 4.78 is 0.467. The number of anilines is 1. The third-order valence-corrected chi connectivity index (χ3v) is 9.95. The van der Waals surface area contributed by atoms with Gasteiger partial charge in [0.2, 0.25) is 5.91 Å². The van der Waals surface area contributed by atoms with Crippen LogP contribution in [0.4, 0.5) is 5.13 Å². The lowest BCUT2D eigenvalue weighted by Gasteiger charge is -2.42. The second-order valence-electron chi connectivity index (χ2n) is 6.32. The Morgan fingerprint density at radius 2 is 1.95 bits per heavy atom. The van der Waals surface area contributed by atoms with Crippen molar-refractivity contribution >= 4 is 45.9 Å². The van der Waals surface area contributed by atoms with Crippen LogP contribution in [0, 0.1) is 24.7 Å². The summed E-state index contributed by atoms with van der Waals surface area (Å²) in [5, 5.41) is 3.79. The van der Waals surface area contributed by atoms with Gasteiger partial charge in [-0.25, -0.2) is 4.98 Å².